The molecule has 3 rings (SSSR count). The fourth-order valence-electron chi connectivity index (χ4n) is 3.60. The lowest BCUT2D eigenvalue weighted by Crippen LogP contribution is -2.43. The lowest BCUT2D eigenvalue weighted by molar-refractivity contribution is 0.0172. The van der Waals surface area contributed by atoms with Crippen LogP contribution in [0.5, 0.6) is 5.75 Å². The van der Waals surface area contributed by atoms with Crippen LogP contribution in [0.1, 0.15) is 22.7 Å². The molecule has 1 heterocycles. The standard InChI is InChI=1S/C21H27ClN2O4S/c1-15-12-21(16(2)11-20(15)27-3)29(25,26)23-14-19(24-7-9-28-10-8-24)17-5-4-6-18(22)13-17/h4-6,11-13,19,23H,7-10,14H2,1-3H3. The maximum absolute atomic E-state index is 13.1. The second-order valence-corrected chi connectivity index (χ2v) is 9.33. The maximum atomic E-state index is 13.1. The molecule has 1 atom stereocenters. The van der Waals surface area contributed by atoms with Gasteiger partial charge in [-0.1, -0.05) is 23.7 Å². The maximum Gasteiger partial charge on any atom is 0.240 e. The quantitative estimate of drug-likeness (QED) is 0.718. The molecule has 0 saturated carbocycles. The van der Waals surface area contributed by atoms with Crippen molar-refractivity contribution >= 4 is 21.6 Å². The SMILES string of the molecule is COc1cc(C)c(S(=O)(=O)NCC(c2cccc(Cl)c2)N2CCOCC2)cc1C. The van der Waals surface area contributed by atoms with Crippen LogP contribution in [-0.2, 0) is 14.8 Å². The molecule has 1 fully saturated rings. The molecule has 1 unspecified atom stereocenters. The Bertz CT molecular complexity index is 959. The van der Waals surface area contributed by atoms with Gasteiger partial charge >= 0.3 is 0 Å². The molecule has 0 aromatic heterocycles. The molecule has 0 aliphatic carbocycles. The number of hydrogen-bond acceptors (Lipinski definition) is 5. The van der Waals surface area contributed by atoms with E-state index in [1.807, 2.05) is 31.2 Å². The number of hydrogen-bond donors (Lipinski definition) is 1. The molecule has 0 spiro atoms. The van der Waals surface area contributed by atoms with E-state index in [9.17, 15) is 8.42 Å². The Morgan fingerprint density at radius 1 is 1.17 bits per heavy atom. The van der Waals surface area contributed by atoms with Crippen LogP contribution in [-0.4, -0.2) is 53.3 Å². The van der Waals surface area contributed by atoms with Gasteiger partial charge in [0.05, 0.1) is 25.2 Å². The van der Waals surface area contributed by atoms with Gasteiger partial charge in [-0.15, -0.1) is 0 Å². The summed E-state index contributed by atoms with van der Waals surface area (Å²) in [4.78, 5) is 2.49. The molecular weight excluding hydrogens is 412 g/mol. The van der Waals surface area contributed by atoms with E-state index in [0.717, 1.165) is 24.2 Å². The Kier molecular flexibility index (Phi) is 7.19. The summed E-state index contributed by atoms with van der Waals surface area (Å²) < 4.78 is 39.7. The van der Waals surface area contributed by atoms with Crippen LogP contribution in [0.25, 0.3) is 0 Å². The van der Waals surface area contributed by atoms with Gasteiger partial charge in [-0.3, -0.25) is 4.90 Å². The van der Waals surface area contributed by atoms with Gasteiger partial charge in [0.1, 0.15) is 5.75 Å². The molecule has 2 aromatic carbocycles. The van der Waals surface area contributed by atoms with Gasteiger partial charge in [0, 0.05) is 30.7 Å². The first kappa shape index (κ1) is 22.1. The molecule has 29 heavy (non-hydrogen) atoms. The van der Waals surface area contributed by atoms with Crippen molar-refractivity contribution in [3.8, 4) is 5.75 Å². The molecular formula is C21H27ClN2O4S. The number of aryl methyl sites for hydroxylation is 2. The van der Waals surface area contributed by atoms with Crippen LogP contribution in [0, 0.1) is 13.8 Å². The number of nitrogens with one attached hydrogen (secondary N) is 1. The number of benzene rings is 2. The first-order valence-electron chi connectivity index (χ1n) is 9.54. The van der Waals surface area contributed by atoms with Gasteiger partial charge in [0.15, 0.2) is 0 Å². The zero-order chi connectivity index (χ0) is 21.0. The highest BCUT2D eigenvalue weighted by Gasteiger charge is 2.26. The third kappa shape index (κ3) is 5.29. The third-order valence-electron chi connectivity index (χ3n) is 5.17. The van der Waals surface area contributed by atoms with Crippen molar-refractivity contribution in [2.75, 3.05) is 40.0 Å². The van der Waals surface area contributed by atoms with E-state index in [2.05, 4.69) is 9.62 Å². The number of methoxy groups -OCH3 is 1. The molecule has 1 aliphatic heterocycles. The van der Waals surface area contributed by atoms with Crippen LogP contribution in [0.4, 0.5) is 0 Å². The molecule has 0 radical (unpaired) electrons. The zero-order valence-electron chi connectivity index (χ0n) is 16.9. The second-order valence-electron chi connectivity index (χ2n) is 7.16. The molecule has 158 valence electrons. The number of nitrogens with zero attached hydrogens (tertiary/aromatic N) is 1. The molecule has 2 aromatic rings. The Morgan fingerprint density at radius 2 is 1.90 bits per heavy atom. The summed E-state index contributed by atoms with van der Waals surface area (Å²) in [7, 11) is -2.11. The lowest BCUT2D eigenvalue weighted by Gasteiger charge is -2.35. The van der Waals surface area contributed by atoms with E-state index in [-0.39, 0.29) is 17.5 Å². The van der Waals surface area contributed by atoms with Crippen LogP contribution < -0.4 is 9.46 Å². The summed E-state index contributed by atoms with van der Waals surface area (Å²) in [6, 6.07) is 10.8. The third-order valence-corrected chi connectivity index (χ3v) is 6.97. The van der Waals surface area contributed by atoms with Crippen LogP contribution in [0.15, 0.2) is 41.3 Å². The van der Waals surface area contributed by atoms with E-state index in [0.29, 0.717) is 29.5 Å². The van der Waals surface area contributed by atoms with Crippen molar-refractivity contribution in [1.29, 1.82) is 0 Å². The van der Waals surface area contributed by atoms with Gasteiger partial charge < -0.3 is 9.47 Å². The normalized spacial score (nSPS) is 16.6. The number of sulfonamides is 1. The Balaban J connectivity index is 1.85. The van der Waals surface area contributed by atoms with Gasteiger partial charge in [0.25, 0.3) is 0 Å². The fourth-order valence-corrected chi connectivity index (χ4v) is 5.15. The minimum atomic E-state index is -3.69. The van der Waals surface area contributed by atoms with Crippen molar-refractivity contribution in [1.82, 2.24) is 9.62 Å². The van der Waals surface area contributed by atoms with Crippen molar-refractivity contribution < 1.29 is 17.9 Å². The predicted molar refractivity (Wildman–Crippen MR) is 114 cm³/mol. The summed E-state index contributed by atoms with van der Waals surface area (Å²) >= 11 is 6.19. The summed E-state index contributed by atoms with van der Waals surface area (Å²) in [5.74, 6) is 0.673. The first-order valence-corrected chi connectivity index (χ1v) is 11.4. The lowest BCUT2D eigenvalue weighted by atomic mass is 10.1. The molecule has 1 N–H and O–H groups in total. The topological polar surface area (TPSA) is 67.9 Å². The highest BCUT2D eigenvalue weighted by molar-refractivity contribution is 7.89. The Morgan fingerprint density at radius 3 is 2.55 bits per heavy atom. The van der Waals surface area contributed by atoms with E-state index in [1.54, 1.807) is 26.2 Å². The zero-order valence-corrected chi connectivity index (χ0v) is 18.5. The van der Waals surface area contributed by atoms with Crippen molar-refractivity contribution in [3.63, 3.8) is 0 Å². The van der Waals surface area contributed by atoms with Gasteiger partial charge in [-0.25, -0.2) is 13.1 Å². The fraction of sp³-hybridized carbons (Fsp3) is 0.429. The molecule has 6 nitrogen and oxygen atoms in total. The number of halogens is 1. The van der Waals surface area contributed by atoms with Crippen LogP contribution in [0.3, 0.4) is 0 Å². The van der Waals surface area contributed by atoms with E-state index >= 15 is 0 Å². The summed E-state index contributed by atoms with van der Waals surface area (Å²) in [5.41, 5.74) is 2.40. The summed E-state index contributed by atoms with van der Waals surface area (Å²) in [6.07, 6.45) is 0. The van der Waals surface area contributed by atoms with Crippen molar-refractivity contribution in [2.24, 2.45) is 0 Å². The van der Waals surface area contributed by atoms with E-state index in [1.165, 1.54) is 0 Å². The Hall–Kier alpha value is -1.64. The molecule has 8 heteroatoms. The molecule has 1 saturated heterocycles. The second kappa shape index (κ2) is 9.45. The molecule has 0 bridgehead atoms. The first-order chi connectivity index (χ1) is 13.8. The highest BCUT2D eigenvalue weighted by atomic mass is 35.5. The van der Waals surface area contributed by atoms with Gasteiger partial charge in [-0.2, -0.15) is 0 Å². The number of rotatable bonds is 7. The smallest absolute Gasteiger partial charge is 0.240 e. The minimum absolute atomic E-state index is 0.132. The van der Waals surface area contributed by atoms with Crippen molar-refractivity contribution in [3.05, 3.63) is 58.1 Å². The van der Waals surface area contributed by atoms with Crippen LogP contribution >= 0.6 is 11.6 Å². The Labute approximate surface area is 177 Å². The summed E-state index contributed by atoms with van der Waals surface area (Å²) in [6.45, 7) is 6.57. The molecule has 1 aliphatic rings. The van der Waals surface area contributed by atoms with Gasteiger partial charge in [-0.05, 0) is 54.8 Å². The predicted octanol–water partition coefficient (Wildman–Crippen LogP) is 3.32. The number of morpholine rings is 1. The minimum Gasteiger partial charge on any atom is -0.496 e. The monoisotopic (exact) mass is 438 g/mol. The number of ether oxygens (including phenoxy) is 2. The average molecular weight is 439 g/mol. The average Bonchev–Trinajstić information content (AvgIpc) is 2.70. The summed E-state index contributed by atoms with van der Waals surface area (Å²) in [5, 5.41) is 0.630. The van der Waals surface area contributed by atoms with Gasteiger partial charge in [0.2, 0.25) is 10.0 Å². The largest absolute Gasteiger partial charge is 0.496 e. The highest BCUT2D eigenvalue weighted by Crippen LogP contribution is 2.27. The van der Waals surface area contributed by atoms with Crippen molar-refractivity contribution in [2.45, 2.75) is 24.8 Å². The van der Waals surface area contributed by atoms with Crippen LogP contribution in [0.2, 0.25) is 5.02 Å². The van der Waals surface area contributed by atoms with E-state index < -0.39 is 10.0 Å². The molecule has 0 amide bonds. The van der Waals surface area contributed by atoms with E-state index in [4.69, 9.17) is 21.1 Å².